The third-order valence-electron chi connectivity index (χ3n) is 4.52. The van der Waals surface area contributed by atoms with Crippen LogP contribution < -0.4 is 4.90 Å². The summed E-state index contributed by atoms with van der Waals surface area (Å²) < 4.78 is 5.79. The van der Waals surface area contributed by atoms with Gasteiger partial charge in [0.15, 0.2) is 0 Å². The molecule has 0 unspecified atom stereocenters. The highest BCUT2D eigenvalue weighted by Crippen LogP contribution is 2.29. The van der Waals surface area contributed by atoms with Gasteiger partial charge >= 0.3 is 0 Å². The molecule has 2 fully saturated rings. The van der Waals surface area contributed by atoms with Crippen LogP contribution in [0.3, 0.4) is 0 Å². The molecule has 2 aromatic rings. The van der Waals surface area contributed by atoms with Gasteiger partial charge in [-0.25, -0.2) is 0 Å². The van der Waals surface area contributed by atoms with Gasteiger partial charge in [0.05, 0.1) is 12.1 Å². The van der Waals surface area contributed by atoms with E-state index in [2.05, 4.69) is 9.88 Å². The number of pyridine rings is 1. The van der Waals surface area contributed by atoms with Crippen molar-refractivity contribution in [1.82, 2.24) is 9.88 Å². The van der Waals surface area contributed by atoms with Crippen molar-refractivity contribution >= 4 is 11.6 Å². The zero-order valence-corrected chi connectivity index (χ0v) is 12.8. The lowest BCUT2D eigenvalue weighted by atomic mass is 10.1. The van der Waals surface area contributed by atoms with Gasteiger partial charge in [-0.1, -0.05) is 18.2 Å². The summed E-state index contributed by atoms with van der Waals surface area (Å²) in [5, 5.41) is 0. The molecule has 23 heavy (non-hydrogen) atoms. The number of hydrogen-bond acceptors (Lipinski definition) is 4. The van der Waals surface area contributed by atoms with E-state index < -0.39 is 0 Å². The fraction of sp³-hybridized carbons (Fsp3) is 0.333. The highest BCUT2D eigenvalue weighted by atomic mass is 16.5. The molecule has 2 atom stereocenters. The Morgan fingerprint density at radius 2 is 1.87 bits per heavy atom. The maximum atomic E-state index is 12.4. The van der Waals surface area contributed by atoms with E-state index in [-0.39, 0.29) is 24.7 Å². The molecule has 0 saturated carbocycles. The monoisotopic (exact) mass is 309 g/mol. The van der Waals surface area contributed by atoms with Crippen molar-refractivity contribution in [3.05, 3.63) is 60.4 Å². The molecule has 0 spiro atoms. The summed E-state index contributed by atoms with van der Waals surface area (Å²) in [7, 11) is 0. The van der Waals surface area contributed by atoms with Crippen LogP contribution in [0.25, 0.3) is 0 Å². The molecular weight excluding hydrogens is 290 g/mol. The second kappa shape index (κ2) is 6.10. The zero-order chi connectivity index (χ0) is 15.6. The molecule has 2 aliphatic rings. The molecule has 0 aliphatic carbocycles. The maximum Gasteiger partial charge on any atom is 0.253 e. The Labute approximate surface area is 135 Å². The molecule has 5 heteroatoms. The minimum Gasteiger partial charge on any atom is -0.365 e. The van der Waals surface area contributed by atoms with Crippen LogP contribution in [-0.2, 0) is 16.1 Å². The van der Waals surface area contributed by atoms with Crippen molar-refractivity contribution < 1.29 is 9.53 Å². The van der Waals surface area contributed by atoms with Gasteiger partial charge in [0.1, 0.15) is 6.61 Å². The van der Waals surface area contributed by atoms with Gasteiger partial charge in [-0.15, -0.1) is 0 Å². The fourth-order valence-electron chi connectivity index (χ4n) is 3.48. The Hall–Kier alpha value is -2.24. The van der Waals surface area contributed by atoms with Gasteiger partial charge in [-0.3, -0.25) is 14.7 Å². The summed E-state index contributed by atoms with van der Waals surface area (Å²) in [6.45, 7) is 2.70. The molecule has 0 N–H and O–H groups in total. The summed E-state index contributed by atoms with van der Waals surface area (Å²) in [6, 6.07) is 14.0. The van der Waals surface area contributed by atoms with Gasteiger partial charge in [-0.2, -0.15) is 0 Å². The van der Waals surface area contributed by atoms with Crippen molar-refractivity contribution in [1.29, 1.82) is 0 Å². The molecule has 2 saturated heterocycles. The molecule has 2 aliphatic heterocycles. The number of carbonyl (C=O) groups is 1. The number of carbonyl (C=O) groups excluding carboxylic acids is 1. The highest BCUT2D eigenvalue weighted by Gasteiger charge is 2.43. The average Bonchev–Trinajstić information content (AvgIpc) is 2.99. The Morgan fingerprint density at radius 1 is 1.09 bits per heavy atom. The SMILES string of the molecule is O=C1CO[C@H]2CN(Cc3ccncc3)C[C@H]2N1c1ccccc1. The van der Waals surface area contributed by atoms with E-state index >= 15 is 0 Å². The number of rotatable bonds is 3. The minimum absolute atomic E-state index is 0.0446. The average molecular weight is 309 g/mol. The summed E-state index contributed by atoms with van der Waals surface area (Å²) in [5.41, 5.74) is 2.19. The molecule has 1 aromatic carbocycles. The Balaban J connectivity index is 1.53. The van der Waals surface area contributed by atoms with E-state index in [4.69, 9.17) is 4.74 Å². The van der Waals surface area contributed by atoms with Crippen molar-refractivity contribution in [3.63, 3.8) is 0 Å². The van der Waals surface area contributed by atoms with Crippen LogP contribution in [0.5, 0.6) is 0 Å². The predicted octanol–water partition coefficient (Wildman–Crippen LogP) is 1.70. The summed E-state index contributed by atoms with van der Waals surface area (Å²) in [6.07, 6.45) is 3.71. The molecule has 1 amide bonds. The summed E-state index contributed by atoms with van der Waals surface area (Å²) >= 11 is 0. The Morgan fingerprint density at radius 3 is 2.65 bits per heavy atom. The second-order valence-corrected chi connectivity index (χ2v) is 6.07. The van der Waals surface area contributed by atoms with Gasteiger partial charge in [0, 0.05) is 37.7 Å². The van der Waals surface area contributed by atoms with E-state index in [0.29, 0.717) is 0 Å². The van der Waals surface area contributed by atoms with E-state index in [1.54, 1.807) is 0 Å². The minimum atomic E-state index is 0.0446. The van der Waals surface area contributed by atoms with Gasteiger partial charge < -0.3 is 9.64 Å². The maximum absolute atomic E-state index is 12.4. The van der Waals surface area contributed by atoms with Crippen molar-refractivity contribution in [2.24, 2.45) is 0 Å². The van der Waals surface area contributed by atoms with Gasteiger partial charge in [-0.05, 0) is 29.8 Å². The number of ether oxygens (including phenoxy) is 1. The number of benzene rings is 1. The highest BCUT2D eigenvalue weighted by molar-refractivity contribution is 5.95. The van der Waals surface area contributed by atoms with Crippen LogP contribution in [0.4, 0.5) is 5.69 Å². The van der Waals surface area contributed by atoms with Crippen LogP contribution in [0, 0.1) is 0 Å². The predicted molar refractivity (Wildman–Crippen MR) is 87.0 cm³/mol. The lowest BCUT2D eigenvalue weighted by Gasteiger charge is -2.36. The number of nitrogens with zero attached hydrogens (tertiary/aromatic N) is 3. The number of aromatic nitrogens is 1. The van der Waals surface area contributed by atoms with Gasteiger partial charge in [0.25, 0.3) is 5.91 Å². The quantitative estimate of drug-likeness (QED) is 0.866. The first kappa shape index (κ1) is 14.4. The number of morpholine rings is 1. The van der Waals surface area contributed by atoms with Crippen LogP contribution in [-0.4, -0.2) is 47.6 Å². The molecule has 0 radical (unpaired) electrons. The van der Waals surface area contributed by atoms with E-state index in [0.717, 1.165) is 25.3 Å². The Kier molecular flexibility index (Phi) is 3.81. The van der Waals surface area contributed by atoms with E-state index in [1.165, 1.54) is 5.56 Å². The van der Waals surface area contributed by atoms with Crippen LogP contribution in [0.2, 0.25) is 0 Å². The van der Waals surface area contributed by atoms with E-state index in [9.17, 15) is 4.79 Å². The first-order valence-electron chi connectivity index (χ1n) is 7.91. The normalized spacial score (nSPS) is 24.7. The molecule has 0 bridgehead atoms. The molecule has 3 heterocycles. The number of hydrogen-bond donors (Lipinski definition) is 0. The van der Waals surface area contributed by atoms with Crippen molar-refractivity contribution in [3.8, 4) is 0 Å². The zero-order valence-electron chi connectivity index (χ0n) is 12.8. The standard InChI is InChI=1S/C18H19N3O2/c22-18-13-23-17-12-20(10-14-6-8-19-9-7-14)11-16(17)21(18)15-4-2-1-3-5-15/h1-9,16-17H,10-13H2/t16-,17+/m1/s1. The van der Waals surface area contributed by atoms with E-state index in [1.807, 2.05) is 59.8 Å². The molecular formula is C18H19N3O2. The second-order valence-electron chi connectivity index (χ2n) is 6.07. The fourth-order valence-corrected chi connectivity index (χ4v) is 3.48. The van der Waals surface area contributed by atoms with Crippen molar-refractivity contribution in [2.75, 3.05) is 24.6 Å². The first-order chi connectivity index (χ1) is 11.3. The van der Waals surface area contributed by atoms with Crippen LogP contribution >= 0.6 is 0 Å². The number of para-hydroxylation sites is 1. The smallest absolute Gasteiger partial charge is 0.253 e. The number of anilines is 1. The van der Waals surface area contributed by atoms with Gasteiger partial charge in [0.2, 0.25) is 0 Å². The molecule has 4 rings (SSSR count). The molecule has 1 aromatic heterocycles. The molecule has 5 nitrogen and oxygen atoms in total. The lowest BCUT2D eigenvalue weighted by Crippen LogP contribution is -2.54. The summed E-state index contributed by atoms with van der Waals surface area (Å²) in [4.78, 5) is 20.7. The largest absolute Gasteiger partial charge is 0.365 e. The lowest BCUT2D eigenvalue weighted by molar-refractivity contribution is -0.130. The Bertz CT molecular complexity index is 677. The summed E-state index contributed by atoms with van der Waals surface area (Å²) in [5.74, 6) is 0.0446. The number of amides is 1. The number of fused-ring (bicyclic) bond motifs is 1. The van der Waals surface area contributed by atoms with Crippen LogP contribution in [0.1, 0.15) is 5.56 Å². The third kappa shape index (κ3) is 2.85. The number of likely N-dealkylation sites (tertiary alicyclic amines) is 1. The van der Waals surface area contributed by atoms with Crippen molar-refractivity contribution in [2.45, 2.75) is 18.7 Å². The molecule has 118 valence electrons. The third-order valence-corrected chi connectivity index (χ3v) is 4.52. The van der Waals surface area contributed by atoms with Crippen LogP contribution in [0.15, 0.2) is 54.9 Å². The topological polar surface area (TPSA) is 45.7 Å². The first-order valence-corrected chi connectivity index (χ1v) is 7.91.